The highest BCUT2D eigenvalue weighted by atomic mass is 15.4. The van der Waals surface area contributed by atoms with Crippen molar-refractivity contribution in [1.29, 1.82) is 0 Å². The quantitative estimate of drug-likeness (QED) is 0.323. The monoisotopic (exact) mass is 224 g/mol. The molecule has 0 aromatic rings. The third-order valence-corrected chi connectivity index (χ3v) is 3.95. The zero-order valence-corrected chi connectivity index (χ0v) is 10.3. The van der Waals surface area contributed by atoms with Crippen LogP contribution in [0, 0.1) is 5.92 Å². The molecule has 0 aromatic heterocycles. The second-order valence-electron chi connectivity index (χ2n) is 4.89. The fraction of sp³-hybridized carbons (Fsp3) is 0.917. The van der Waals surface area contributed by atoms with E-state index in [-0.39, 0.29) is 0 Å². The molecule has 1 saturated heterocycles. The zero-order valence-electron chi connectivity index (χ0n) is 10.3. The van der Waals surface area contributed by atoms with E-state index in [2.05, 4.69) is 22.2 Å². The van der Waals surface area contributed by atoms with E-state index < -0.39 is 0 Å². The first-order chi connectivity index (χ1) is 7.86. The Labute approximate surface area is 98.3 Å². The van der Waals surface area contributed by atoms with Crippen molar-refractivity contribution in [2.24, 2.45) is 16.8 Å². The first kappa shape index (κ1) is 11.7. The van der Waals surface area contributed by atoms with Gasteiger partial charge in [0, 0.05) is 19.1 Å². The summed E-state index contributed by atoms with van der Waals surface area (Å²) in [5, 5.41) is 0. The highest BCUT2D eigenvalue weighted by Gasteiger charge is 2.34. The zero-order chi connectivity index (χ0) is 11.4. The number of guanidine groups is 1. The number of hydrazine groups is 1. The van der Waals surface area contributed by atoms with E-state index in [4.69, 9.17) is 5.84 Å². The van der Waals surface area contributed by atoms with Gasteiger partial charge < -0.3 is 4.90 Å². The van der Waals surface area contributed by atoms with Crippen molar-refractivity contribution in [3.63, 3.8) is 0 Å². The van der Waals surface area contributed by atoms with Crippen LogP contribution in [0.1, 0.15) is 45.4 Å². The molecule has 1 saturated carbocycles. The molecule has 3 N–H and O–H groups in total. The minimum Gasteiger partial charge on any atom is -0.339 e. The van der Waals surface area contributed by atoms with Crippen molar-refractivity contribution in [3.05, 3.63) is 0 Å². The maximum absolute atomic E-state index is 5.58. The highest BCUT2D eigenvalue weighted by Crippen LogP contribution is 2.35. The molecule has 0 amide bonds. The van der Waals surface area contributed by atoms with Gasteiger partial charge in [0.05, 0.1) is 0 Å². The number of nitrogens with two attached hydrogens (primary N) is 1. The first-order valence-corrected chi connectivity index (χ1v) is 6.64. The van der Waals surface area contributed by atoms with E-state index in [1.165, 1.54) is 38.5 Å². The predicted octanol–water partition coefficient (Wildman–Crippen LogP) is 1.48. The lowest BCUT2D eigenvalue weighted by Crippen LogP contribution is -2.49. The van der Waals surface area contributed by atoms with Gasteiger partial charge in [0.15, 0.2) is 0 Å². The summed E-state index contributed by atoms with van der Waals surface area (Å²) in [5.74, 6) is 7.35. The van der Waals surface area contributed by atoms with Crippen LogP contribution in [0.3, 0.4) is 0 Å². The summed E-state index contributed by atoms with van der Waals surface area (Å²) in [7, 11) is 0. The SMILES string of the molecule is CCN=C(NN)N1CCCC1C1CCCC1. The third-order valence-electron chi connectivity index (χ3n) is 3.95. The summed E-state index contributed by atoms with van der Waals surface area (Å²) in [6, 6.07) is 0.684. The average Bonchev–Trinajstić information content (AvgIpc) is 2.94. The maximum Gasteiger partial charge on any atom is 0.208 e. The van der Waals surface area contributed by atoms with Gasteiger partial charge in [-0.05, 0) is 38.5 Å². The third kappa shape index (κ3) is 2.32. The van der Waals surface area contributed by atoms with Crippen molar-refractivity contribution < 1.29 is 0 Å². The number of hydrogen-bond donors (Lipinski definition) is 2. The molecule has 0 bridgehead atoms. The summed E-state index contributed by atoms with van der Waals surface area (Å²) >= 11 is 0. The van der Waals surface area contributed by atoms with E-state index in [0.717, 1.165) is 25.0 Å². The second-order valence-corrected chi connectivity index (χ2v) is 4.89. The van der Waals surface area contributed by atoms with Crippen LogP contribution < -0.4 is 11.3 Å². The Bertz CT molecular complexity index is 245. The van der Waals surface area contributed by atoms with Gasteiger partial charge in [-0.15, -0.1) is 0 Å². The van der Waals surface area contributed by atoms with Crippen molar-refractivity contribution in [3.8, 4) is 0 Å². The number of rotatable bonds is 2. The molecule has 1 atom stereocenters. The molecule has 4 heteroatoms. The van der Waals surface area contributed by atoms with Crippen LogP contribution >= 0.6 is 0 Å². The van der Waals surface area contributed by atoms with Gasteiger partial charge >= 0.3 is 0 Å². The van der Waals surface area contributed by atoms with Gasteiger partial charge in [-0.3, -0.25) is 10.4 Å². The maximum atomic E-state index is 5.58. The summed E-state index contributed by atoms with van der Waals surface area (Å²) < 4.78 is 0. The van der Waals surface area contributed by atoms with Crippen LogP contribution in [0.25, 0.3) is 0 Å². The molecule has 0 aromatic carbocycles. The van der Waals surface area contributed by atoms with Crippen LogP contribution in [0.4, 0.5) is 0 Å². The van der Waals surface area contributed by atoms with Crippen LogP contribution in [-0.2, 0) is 0 Å². The smallest absolute Gasteiger partial charge is 0.208 e. The van der Waals surface area contributed by atoms with Gasteiger partial charge in [-0.1, -0.05) is 12.8 Å². The summed E-state index contributed by atoms with van der Waals surface area (Å²) in [6.07, 6.45) is 8.20. The molecule has 16 heavy (non-hydrogen) atoms. The Morgan fingerprint density at radius 2 is 2.06 bits per heavy atom. The topological polar surface area (TPSA) is 53.6 Å². The molecule has 1 heterocycles. The van der Waals surface area contributed by atoms with E-state index in [0.29, 0.717) is 6.04 Å². The van der Waals surface area contributed by atoms with Gasteiger partial charge in [0.2, 0.25) is 5.96 Å². The van der Waals surface area contributed by atoms with Gasteiger partial charge in [0.1, 0.15) is 0 Å². The van der Waals surface area contributed by atoms with Crippen molar-refractivity contribution in [2.45, 2.75) is 51.5 Å². The van der Waals surface area contributed by atoms with Gasteiger partial charge in [-0.25, -0.2) is 5.84 Å². The molecular formula is C12H24N4. The summed E-state index contributed by atoms with van der Waals surface area (Å²) in [6.45, 7) is 3.97. The van der Waals surface area contributed by atoms with Crippen LogP contribution in [-0.4, -0.2) is 30.0 Å². The number of nitrogens with zero attached hydrogens (tertiary/aromatic N) is 2. The summed E-state index contributed by atoms with van der Waals surface area (Å²) in [5.41, 5.74) is 2.77. The second kappa shape index (κ2) is 5.53. The molecule has 0 spiro atoms. The first-order valence-electron chi connectivity index (χ1n) is 6.64. The number of likely N-dealkylation sites (tertiary alicyclic amines) is 1. The van der Waals surface area contributed by atoms with E-state index in [1.807, 2.05) is 0 Å². The fourth-order valence-electron chi connectivity index (χ4n) is 3.26. The molecule has 92 valence electrons. The van der Waals surface area contributed by atoms with Crippen LogP contribution in [0.5, 0.6) is 0 Å². The molecule has 1 aliphatic heterocycles. The molecule has 4 nitrogen and oxygen atoms in total. The molecular weight excluding hydrogens is 200 g/mol. The number of aliphatic imine (C=N–C) groups is 1. The van der Waals surface area contributed by atoms with Gasteiger partial charge in [-0.2, -0.15) is 0 Å². The van der Waals surface area contributed by atoms with E-state index in [9.17, 15) is 0 Å². The minimum atomic E-state index is 0.684. The number of hydrogen-bond acceptors (Lipinski definition) is 2. The molecule has 1 unspecified atom stereocenters. The van der Waals surface area contributed by atoms with Gasteiger partial charge in [0.25, 0.3) is 0 Å². The Balaban J connectivity index is 2.04. The largest absolute Gasteiger partial charge is 0.339 e. The lowest BCUT2D eigenvalue weighted by Gasteiger charge is -2.31. The fourth-order valence-corrected chi connectivity index (χ4v) is 3.26. The molecule has 0 radical (unpaired) electrons. The summed E-state index contributed by atoms with van der Waals surface area (Å²) in [4.78, 5) is 6.86. The predicted molar refractivity (Wildman–Crippen MR) is 67.0 cm³/mol. The van der Waals surface area contributed by atoms with E-state index >= 15 is 0 Å². The van der Waals surface area contributed by atoms with Crippen molar-refractivity contribution in [2.75, 3.05) is 13.1 Å². The Morgan fingerprint density at radius 1 is 1.31 bits per heavy atom. The molecule has 2 aliphatic rings. The highest BCUT2D eigenvalue weighted by molar-refractivity contribution is 5.80. The number of nitrogens with one attached hydrogen (secondary N) is 1. The molecule has 2 rings (SSSR count). The Morgan fingerprint density at radius 3 is 2.69 bits per heavy atom. The average molecular weight is 224 g/mol. The van der Waals surface area contributed by atoms with Crippen LogP contribution in [0.15, 0.2) is 4.99 Å². The lowest BCUT2D eigenvalue weighted by molar-refractivity contribution is 0.273. The standard InChI is InChI=1S/C12H24N4/c1-2-14-12(15-13)16-9-5-8-11(16)10-6-3-4-7-10/h10-11H,2-9,13H2,1H3,(H,14,15). The normalized spacial score (nSPS) is 27.8. The van der Waals surface area contributed by atoms with Crippen molar-refractivity contribution in [1.82, 2.24) is 10.3 Å². The minimum absolute atomic E-state index is 0.684. The molecule has 1 aliphatic carbocycles. The Kier molecular flexibility index (Phi) is 4.04. The molecule has 2 fully saturated rings. The van der Waals surface area contributed by atoms with E-state index in [1.54, 1.807) is 0 Å². The Hall–Kier alpha value is -0.770. The van der Waals surface area contributed by atoms with Crippen molar-refractivity contribution >= 4 is 5.96 Å². The lowest BCUT2D eigenvalue weighted by atomic mass is 9.96. The van der Waals surface area contributed by atoms with Crippen LogP contribution in [0.2, 0.25) is 0 Å².